The lowest BCUT2D eigenvalue weighted by Crippen LogP contribution is -2.06. The van der Waals surface area contributed by atoms with Crippen molar-refractivity contribution in [2.24, 2.45) is 0 Å². The van der Waals surface area contributed by atoms with Gasteiger partial charge in [-0.1, -0.05) is 6.07 Å². The van der Waals surface area contributed by atoms with Gasteiger partial charge in [-0.2, -0.15) is 0 Å². The third kappa shape index (κ3) is 3.22. The first-order chi connectivity index (χ1) is 9.20. The molecule has 0 aliphatic heterocycles. The van der Waals surface area contributed by atoms with Crippen LogP contribution in [-0.2, 0) is 11.3 Å². The van der Waals surface area contributed by atoms with E-state index in [1.165, 1.54) is 7.11 Å². The lowest BCUT2D eigenvalue weighted by atomic mass is 10.1. The molecule has 19 heavy (non-hydrogen) atoms. The van der Waals surface area contributed by atoms with E-state index < -0.39 is 5.97 Å². The average Bonchev–Trinajstić information content (AvgIpc) is 2.46. The quantitative estimate of drug-likeness (QED) is 0.647. The Kier molecular flexibility index (Phi) is 3.97. The van der Waals surface area contributed by atoms with Gasteiger partial charge in [0.25, 0.3) is 0 Å². The topological polar surface area (TPSA) is 77.2 Å². The fourth-order valence-electron chi connectivity index (χ4n) is 1.66. The van der Waals surface area contributed by atoms with Gasteiger partial charge in [-0.25, -0.2) is 4.79 Å². The number of methoxy groups -OCH3 is 1. The minimum Gasteiger partial charge on any atom is -0.465 e. The summed E-state index contributed by atoms with van der Waals surface area (Å²) in [5, 5.41) is 3.17. The molecule has 1 heterocycles. The maximum Gasteiger partial charge on any atom is 0.337 e. The van der Waals surface area contributed by atoms with Crippen LogP contribution in [0.15, 0.2) is 42.6 Å². The summed E-state index contributed by atoms with van der Waals surface area (Å²) in [4.78, 5) is 15.6. The van der Waals surface area contributed by atoms with Crippen LogP contribution in [0.5, 0.6) is 0 Å². The second kappa shape index (κ2) is 5.86. The maximum absolute atomic E-state index is 11.3. The predicted octanol–water partition coefficient (Wildman–Crippen LogP) is 2.06. The van der Waals surface area contributed by atoms with Crippen LogP contribution in [-0.4, -0.2) is 18.1 Å². The number of pyridine rings is 1. The highest BCUT2D eigenvalue weighted by Gasteiger charge is 2.07. The largest absolute Gasteiger partial charge is 0.465 e. The molecule has 0 saturated carbocycles. The molecule has 0 bridgehead atoms. The number of ether oxygens (including phenoxy) is 1. The van der Waals surface area contributed by atoms with Gasteiger partial charge in [-0.3, -0.25) is 4.98 Å². The van der Waals surface area contributed by atoms with Crippen molar-refractivity contribution in [1.82, 2.24) is 4.98 Å². The van der Waals surface area contributed by atoms with Gasteiger partial charge >= 0.3 is 5.97 Å². The van der Waals surface area contributed by atoms with Crippen molar-refractivity contribution in [3.63, 3.8) is 0 Å². The van der Waals surface area contributed by atoms with Crippen LogP contribution in [0.1, 0.15) is 16.1 Å². The van der Waals surface area contributed by atoms with Crippen LogP contribution >= 0.6 is 0 Å². The zero-order valence-corrected chi connectivity index (χ0v) is 10.6. The zero-order valence-electron chi connectivity index (χ0n) is 10.6. The molecule has 0 amide bonds. The molecule has 0 fully saturated rings. The summed E-state index contributed by atoms with van der Waals surface area (Å²) < 4.78 is 4.64. The van der Waals surface area contributed by atoms with E-state index in [1.54, 1.807) is 24.4 Å². The van der Waals surface area contributed by atoms with Crippen LogP contribution < -0.4 is 11.1 Å². The Balaban J connectivity index is 2.07. The van der Waals surface area contributed by atoms with Gasteiger partial charge in [0.1, 0.15) is 0 Å². The van der Waals surface area contributed by atoms with E-state index in [4.69, 9.17) is 5.73 Å². The van der Waals surface area contributed by atoms with E-state index in [0.717, 1.165) is 11.4 Å². The van der Waals surface area contributed by atoms with E-state index in [1.807, 2.05) is 18.2 Å². The smallest absolute Gasteiger partial charge is 0.337 e. The number of aromatic nitrogens is 1. The van der Waals surface area contributed by atoms with Crippen LogP contribution in [0, 0.1) is 0 Å². The molecule has 0 spiro atoms. The lowest BCUT2D eigenvalue weighted by Gasteiger charge is -2.10. The Bertz CT molecular complexity index is 570. The summed E-state index contributed by atoms with van der Waals surface area (Å²) in [5.74, 6) is -0.400. The predicted molar refractivity (Wildman–Crippen MR) is 73.8 cm³/mol. The van der Waals surface area contributed by atoms with Gasteiger partial charge in [0.05, 0.1) is 36.3 Å². The number of anilines is 2. The molecular weight excluding hydrogens is 242 g/mol. The van der Waals surface area contributed by atoms with Crippen molar-refractivity contribution in [3.05, 3.63) is 53.9 Å². The van der Waals surface area contributed by atoms with Crippen LogP contribution in [0.3, 0.4) is 0 Å². The number of benzene rings is 1. The van der Waals surface area contributed by atoms with E-state index >= 15 is 0 Å². The molecule has 98 valence electrons. The number of nitrogen functional groups attached to an aromatic ring is 1. The number of hydrogen-bond donors (Lipinski definition) is 2. The molecule has 2 aromatic rings. The molecule has 0 atom stereocenters. The molecule has 5 heteroatoms. The fourth-order valence-corrected chi connectivity index (χ4v) is 1.66. The minimum absolute atomic E-state index is 0.400. The number of rotatable bonds is 4. The first-order valence-electron chi connectivity index (χ1n) is 5.82. The summed E-state index contributed by atoms with van der Waals surface area (Å²) in [7, 11) is 1.34. The Hall–Kier alpha value is -2.56. The summed E-state index contributed by atoms with van der Waals surface area (Å²) in [5.41, 5.74) is 8.50. The molecule has 1 aromatic carbocycles. The molecule has 0 aliphatic rings. The number of carbonyl (C=O) groups excluding carboxylic acids is 1. The van der Waals surface area contributed by atoms with E-state index in [2.05, 4.69) is 15.0 Å². The van der Waals surface area contributed by atoms with Crippen LogP contribution in [0.2, 0.25) is 0 Å². The van der Waals surface area contributed by atoms with Gasteiger partial charge in [-0.05, 0) is 30.3 Å². The Morgan fingerprint density at radius 2 is 2.21 bits per heavy atom. The van der Waals surface area contributed by atoms with E-state index in [0.29, 0.717) is 17.8 Å². The number of nitrogens with zero attached hydrogens (tertiary/aromatic N) is 1. The average molecular weight is 257 g/mol. The number of nitrogens with one attached hydrogen (secondary N) is 1. The fraction of sp³-hybridized carbons (Fsp3) is 0.143. The van der Waals surface area contributed by atoms with Crippen molar-refractivity contribution in [3.8, 4) is 0 Å². The third-order valence-electron chi connectivity index (χ3n) is 2.66. The molecule has 0 unspecified atom stereocenters. The van der Waals surface area contributed by atoms with E-state index in [-0.39, 0.29) is 0 Å². The normalized spacial score (nSPS) is 9.95. The van der Waals surface area contributed by atoms with Gasteiger partial charge in [0.2, 0.25) is 0 Å². The minimum atomic E-state index is -0.400. The highest BCUT2D eigenvalue weighted by molar-refractivity contribution is 5.91. The van der Waals surface area contributed by atoms with Crippen LogP contribution in [0.25, 0.3) is 0 Å². The standard InChI is InChI=1S/C14H15N3O2/c1-19-14(18)10-5-6-13(12(15)8-10)17-9-11-4-2-3-7-16-11/h2-8,17H,9,15H2,1H3. The van der Waals surface area contributed by atoms with Crippen molar-refractivity contribution in [2.75, 3.05) is 18.2 Å². The van der Waals surface area contributed by atoms with Crippen molar-refractivity contribution in [1.29, 1.82) is 0 Å². The van der Waals surface area contributed by atoms with Crippen molar-refractivity contribution < 1.29 is 9.53 Å². The van der Waals surface area contributed by atoms with Gasteiger partial charge in [0.15, 0.2) is 0 Å². The Labute approximate surface area is 111 Å². The number of carbonyl (C=O) groups is 1. The monoisotopic (exact) mass is 257 g/mol. The third-order valence-corrected chi connectivity index (χ3v) is 2.66. The highest BCUT2D eigenvalue weighted by atomic mass is 16.5. The van der Waals surface area contributed by atoms with E-state index in [9.17, 15) is 4.79 Å². The van der Waals surface area contributed by atoms with Gasteiger partial charge in [-0.15, -0.1) is 0 Å². The van der Waals surface area contributed by atoms with Crippen LogP contribution in [0.4, 0.5) is 11.4 Å². The number of nitrogens with two attached hydrogens (primary N) is 1. The molecule has 0 saturated heterocycles. The number of esters is 1. The summed E-state index contributed by atoms with van der Waals surface area (Å²) in [6, 6.07) is 10.7. The second-order valence-electron chi connectivity index (χ2n) is 3.97. The summed E-state index contributed by atoms with van der Waals surface area (Å²) in [6.45, 7) is 0.572. The van der Waals surface area contributed by atoms with Gasteiger partial charge in [0, 0.05) is 6.20 Å². The summed E-state index contributed by atoms with van der Waals surface area (Å²) >= 11 is 0. The highest BCUT2D eigenvalue weighted by Crippen LogP contribution is 2.20. The molecule has 5 nitrogen and oxygen atoms in total. The first kappa shape index (κ1) is 12.9. The SMILES string of the molecule is COC(=O)c1ccc(NCc2ccccn2)c(N)c1. The number of hydrogen-bond acceptors (Lipinski definition) is 5. The Morgan fingerprint density at radius 3 is 2.84 bits per heavy atom. The first-order valence-corrected chi connectivity index (χ1v) is 5.82. The van der Waals surface area contributed by atoms with Gasteiger partial charge < -0.3 is 15.8 Å². The summed E-state index contributed by atoms with van der Waals surface area (Å²) in [6.07, 6.45) is 1.74. The lowest BCUT2D eigenvalue weighted by molar-refractivity contribution is 0.0601. The second-order valence-corrected chi connectivity index (χ2v) is 3.97. The molecule has 2 rings (SSSR count). The molecule has 1 aromatic heterocycles. The molecular formula is C14H15N3O2. The molecule has 3 N–H and O–H groups in total. The molecule has 0 radical (unpaired) electrons. The van der Waals surface area contributed by atoms with Crippen molar-refractivity contribution >= 4 is 17.3 Å². The maximum atomic E-state index is 11.3. The molecule has 0 aliphatic carbocycles. The van der Waals surface area contributed by atoms with Crippen molar-refractivity contribution in [2.45, 2.75) is 6.54 Å². The zero-order chi connectivity index (χ0) is 13.7. The Morgan fingerprint density at radius 1 is 1.37 bits per heavy atom.